The lowest BCUT2D eigenvalue weighted by molar-refractivity contribution is -0.183. The van der Waals surface area contributed by atoms with Gasteiger partial charge in [0.2, 0.25) is 5.91 Å². The number of methoxy groups -OCH3 is 1. The number of allylic oxidation sites excluding steroid dienone is 1. The summed E-state index contributed by atoms with van der Waals surface area (Å²) in [5, 5.41) is 2.56. The van der Waals surface area contributed by atoms with E-state index in [9.17, 15) is 18.0 Å². The zero-order valence-corrected chi connectivity index (χ0v) is 14.0. The Hall–Kier alpha value is -2.31. The first-order valence-corrected chi connectivity index (χ1v) is 8.06. The van der Waals surface area contributed by atoms with E-state index in [4.69, 9.17) is 4.74 Å². The number of anilines is 1. The highest BCUT2D eigenvalue weighted by Gasteiger charge is 2.40. The Morgan fingerprint density at radius 3 is 2.60 bits per heavy atom. The van der Waals surface area contributed by atoms with Gasteiger partial charge in [-0.15, -0.1) is 0 Å². The van der Waals surface area contributed by atoms with E-state index in [0.717, 1.165) is 6.08 Å². The van der Waals surface area contributed by atoms with Crippen molar-refractivity contribution in [3.8, 4) is 5.75 Å². The van der Waals surface area contributed by atoms with Gasteiger partial charge in [0.1, 0.15) is 11.6 Å². The molecule has 1 fully saturated rings. The van der Waals surface area contributed by atoms with Crippen molar-refractivity contribution in [1.29, 1.82) is 0 Å². The summed E-state index contributed by atoms with van der Waals surface area (Å²) in [4.78, 5) is 15.4. The molecule has 1 heterocycles. The topological polar surface area (TPSA) is 51.2 Å². The molecule has 7 heteroatoms. The molecular formula is C18H21F3N2O2. The molecule has 1 aliphatic rings. The fraction of sp³-hybridized carbons (Fsp3) is 0.444. The number of pyridine rings is 1. The third-order valence-electron chi connectivity index (χ3n) is 4.34. The number of aromatic nitrogens is 1. The van der Waals surface area contributed by atoms with Crippen molar-refractivity contribution in [1.82, 2.24) is 4.98 Å². The third kappa shape index (κ3) is 5.34. The predicted octanol–water partition coefficient (Wildman–Crippen LogP) is 4.60. The number of amides is 1. The van der Waals surface area contributed by atoms with Crippen molar-refractivity contribution >= 4 is 17.8 Å². The van der Waals surface area contributed by atoms with Crippen LogP contribution in [0.1, 0.15) is 31.2 Å². The molecule has 4 nitrogen and oxygen atoms in total. The van der Waals surface area contributed by atoms with Gasteiger partial charge in [-0.3, -0.25) is 4.79 Å². The summed E-state index contributed by atoms with van der Waals surface area (Å²) in [5.41, 5.74) is 0.704. The van der Waals surface area contributed by atoms with Gasteiger partial charge in [-0.25, -0.2) is 4.98 Å². The standard InChI is InChI=1S/C18H21F3N2O2/c1-3-17(24)23-16-10-13(15(25-2)11-22-16)7-4-12-5-8-14(9-6-12)18(19,20)21/h3-4,7,10-12,14H,1,5-6,8-9H2,2H3,(H,22,23,24)/b7-4+/t12-,14-. The minimum atomic E-state index is -4.10. The van der Waals surface area contributed by atoms with Crippen LogP contribution in [-0.4, -0.2) is 24.2 Å². The lowest BCUT2D eigenvalue weighted by Crippen LogP contribution is -2.27. The molecule has 1 N–H and O–H groups in total. The Balaban J connectivity index is 2.05. The highest BCUT2D eigenvalue weighted by molar-refractivity contribution is 5.98. The first-order chi connectivity index (χ1) is 11.8. The van der Waals surface area contributed by atoms with Crippen LogP contribution in [0.15, 0.2) is 31.0 Å². The maximum atomic E-state index is 12.7. The van der Waals surface area contributed by atoms with Gasteiger partial charge in [0.05, 0.1) is 19.2 Å². The molecule has 25 heavy (non-hydrogen) atoms. The minimum absolute atomic E-state index is 0.0997. The number of hydrogen-bond acceptors (Lipinski definition) is 3. The third-order valence-corrected chi connectivity index (χ3v) is 4.34. The van der Waals surface area contributed by atoms with Gasteiger partial charge in [-0.2, -0.15) is 13.2 Å². The lowest BCUT2D eigenvalue weighted by Gasteiger charge is -2.28. The van der Waals surface area contributed by atoms with Crippen LogP contribution in [0.5, 0.6) is 5.75 Å². The summed E-state index contributed by atoms with van der Waals surface area (Å²) in [6.45, 7) is 3.38. The number of alkyl halides is 3. The molecule has 0 bridgehead atoms. The summed E-state index contributed by atoms with van der Waals surface area (Å²) >= 11 is 0. The Morgan fingerprint density at radius 2 is 2.04 bits per heavy atom. The maximum absolute atomic E-state index is 12.7. The van der Waals surface area contributed by atoms with Crippen LogP contribution in [0.4, 0.5) is 19.0 Å². The number of hydrogen-bond donors (Lipinski definition) is 1. The van der Waals surface area contributed by atoms with Gasteiger partial charge in [0.15, 0.2) is 0 Å². The second kappa shape index (κ2) is 8.18. The molecule has 1 aliphatic carbocycles. The molecule has 136 valence electrons. The van der Waals surface area contributed by atoms with Crippen molar-refractivity contribution < 1.29 is 22.7 Å². The van der Waals surface area contributed by atoms with Crippen LogP contribution in [0.2, 0.25) is 0 Å². The van der Waals surface area contributed by atoms with E-state index in [1.165, 1.54) is 13.3 Å². The number of carbonyl (C=O) groups excluding carboxylic acids is 1. The van der Waals surface area contributed by atoms with Crippen LogP contribution in [0.3, 0.4) is 0 Å². The predicted molar refractivity (Wildman–Crippen MR) is 90.2 cm³/mol. The van der Waals surface area contributed by atoms with Crippen LogP contribution in [0, 0.1) is 11.8 Å². The average Bonchev–Trinajstić information content (AvgIpc) is 2.59. The molecule has 0 spiro atoms. The van der Waals surface area contributed by atoms with Crippen molar-refractivity contribution in [3.63, 3.8) is 0 Å². The van der Waals surface area contributed by atoms with Gasteiger partial charge < -0.3 is 10.1 Å². The molecule has 1 aromatic rings. The zero-order valence-electron chi connectivity index (χ0n) is 14.0. The van der Waals surface area contributed by atoms with E-state index in [-0.39, 0.29) is 24.7 Å². The molecule has 2 rings (SSSR count). The summed E-state index contributed by atoms with van der Waals surface area (Å²) in [5.74, 6) is -0.586. The molecule has 0 aliphatic heterocycles. The first kappa shape index (κ1) is 19.0. The second-order valence-corrected chi connectivity index (χ2v) is 6.02. The molecule has 0 radical (unpaired) electrons. The highest BCUT2D eigenvalue weighted by Crippen LogP contribution is 2.40. The van der Waals surface area contributed by atoms with Gasteiger partial charge in [-0.05, 0) is 43.7 Å². The smallest absolute Gasteiger partial charge is 0.391 e. The quantitative estimate of drug-likeness (QED) is 0.787. The maximum Gasteiger partial charge on any atom is 0.391 e. The van der Waals surface area contributed by atoms with Crippen LogP contribution >= 0.6 is 0 Å². The van der Waals surface area contributed by atoms with Crippen molar-refractivity contribution in [2.75, 3.05) is 12.4 Å². The fourth-order valence-corrected chi connectivity index (χ4v) is 2.88. The van der Waals surface area contributed by atoms with E-state index in [0.29, 0.717) is 30.0 Å². The van der Waals surface area contributed by atoms with Gasteiger partial charge in [0, 0.05) is 5.56 Å². The molecular weight excluding hydrogens is 333 g/mol. The average molecular weight is 354 g/mol. The molecule has 1 amide bonds. The Bertz CT molecular complexity index is 648. The van der Waals surface area contributed by atoms with E-state index < -0.39 is 12.1 Å². The second-order valence-electron chi connectivity index (χ2n) is 6.02. The van der Waals surface area contributed by atoms with E-state index in [2.05, 4.69) is 16.9 Å². The Kier molecular flexibility index (Phi) is 6.22. The molecule has 0 unspecified atom stereocenters. The van der Waals surface area contributed by atoms with E-state index in [1.54, 1.807) is 6.07 Å². The molecule has 1 saturated carbocycles. The van der Waals surface area contributed by atoms with Gasteiger partial charge in [0.25, 0.3) is 0 Å². The monoisotopic (exact) mass is 354 g/mol. The molecule has 0 saturated heterocycles. The van der Waals surface area contributed by atoms with Crippen molar-refractivity contribution in [3.05, 3.63) is 36.6 Å². The molecule has 1 aromatic heterocycles. The SMILES string of the molecule is C=CC(=O)Nc1cc(/C=C/[C@H]2CC[C@H](C(F)(F)F)CC2)c(OC)cn1. The highest BCUT2D eigenvalue weighted by atomic mass is 19.4. The van der Waals surface area contributed by atoms with Gasteiger partial charge >= 0.3 is 6.18 Å². The largest absolute Gasteiger partial charge is 0.495 e. The Labute approximate surface area is 144 Å². The number of nitrogens with one attached hydrogen (secondary N) is 1. The minimum Gasteiger partial charge on any atom is -0.495 e. The fourth-order valence-electron chi connectivity index (χ4n) is 2.88. The first-order valence-electron chi connectivity index (χ1n) is 8.06. The number of halogens is 3. The van der Waals surface area contributed by atoms with E-state index in [1.807, 2.05) is 12.2 Å². The Morgan fingerprint density at radius 1 is 1.36 bits per heavy atom. The zero-order chi connectivity index (χ0) is 18.4. The van der Waals surface area contributed by atoms with Crippen LogP contribution < -0.4 is 10.1 Å². The van der Waals surface area contributed by atoms with Crippen molar-refractivity contribution in [2.45, 2.75) is 31.9 Å². The molecule has 0 atom stereocenters. The normalized spacial score (nSPS) is 21.1. The van der Waals surface area contributed by atoms with Crippen LogP contribution in [-0.2, 0) is 4.79 Å². The van der Waals surface area contributed by atoms with E-state index >= 15 is 0 Å². The number of rotatable bonds is 5. The molecule has 0 aromatic carbocycles. The lowest BCUT2D eigenvalue weighted by atomic mass is 9.81. The van der Waals surface area contributed by atoms with Gasteiger partial charge in [-0.1, -0.05) is 18.7 Å². The number of carbonyl (C=O) groups is 1. The number of nitrogens with zero attached hydrogens (tertiary/aromatic N) is 1. The van der Waals surface area contributed by atoms with Crippen molar-refractivity contribution in [2.24, 2.45) is 11.8 Å². The summed E-state index contributed by atoms with van der Waals surface area (Å²) in [7, 11) is 1.50. The summed E-state index contributed by atoms with van der Waals surface area (Å²) in [6, 6.07) is 1.65. The number of ether oxygens (including phenoxy) is 1. The summed E-state index contributed by atoms with van der Waals surface area (Å²) in [6.07, 6.45) is 3.58. The van der Waals surface area contributed by atoms with Crippen LogP contribution in [0.25, 0.3) is 6.08 Å². The summed E-state index contributed by atoms with van der Waals surface area (Å²) < 4.78 is 43.4.